The molecule has 1 unspecified atom stereocenters. The van der Waals surface area contributed by atoms with E-state index in [-0.39, 0.29) is 6.17 Å². The minimum Gasteiger partial charge on any atom is -0.488 e. The van der Waals surface area contributed by atoms with Crippen molar-refractivity contribution < 1.29 is 4.74 Å². The molecule has 0 saturated heterocycles. The van der Waals surface area contributed by atoms with Crippen LogP contribution in [0.3, 0.4) is 0 Å². The molecule has 0 saturated carbocycles. The number of benzene rings is 1. The van der Waals surface area contributed by atoms with E-state index in [1.165, 1.54) is 0 Å². The standard InChI is InChI=1S/C8H10N2O/c9-8-5-11-7-4-2-1-3-6(7)10-8/h1-4,8,10H,5,9H2. The zero-order valence-corrected chi connectivity index (χ0v) is 6.08. The van der Waals surface area contributed by atoms with Gasteiger partial charge < -0.3 is 15.8 Å². The lowest BCUT2D eigenvalue weighted by Crippen LogP contribution is -2.38. The lowest BCUT2D eigenvalue weighted by atomic mass is 10.2. The summed E-state index contributed by atoms with van der Waals surface area (Å²) >= 11 is 0. The Kier molecular flexibility index (Phi) is 1.43. The van der Waals surface area contributed by atoms with Gasteiger partial charge in [0.15, 0.2) is 0 Å². The maximum Gasteiger partial charge on any atom is 0.142 e. The van der Waals surface area contributed by atoms with Gasteiger partial charge in [-0.25, -0.2) is 0 Å². The molecule has 0 fully saturated rings. The second-order valence-corrected chi connectivity index (χ2v) is 2.56. The molecule has 0 aliphatic carbocycles. The largest absolute Gasteiger partial charge is 0.488 e. The van der Waals surface area contributed by atoms with Gasteiger partial charge >= 0.3 is 0 Å². The summed E-state index contributed by atoms with van der Waals surface area (Å²) in [4.78, 5) is 0. The van der Waals surface area contributed by atoms with Gasteiger partial charge in [0, 0.05) is 0 Å². The molecule has 0 amide bonds. The molecule has 1 aliphatic rings. The van der Waals surface area contributed by atoms with E-state index in [0.717, 1.165) is 11.4 Å². The summed E-state index contributed by atoms with van der Waals surface area (Å²) in [5.74, 6) is 0.884. The van der Waals surface area contributed by atoms with Gasteiger partial charge in [0.2, 0.25) is 0 Å². The maximum atomic E-state index is 5.61. The van der Waals surface area contributed by atoms with Crippen molar-refractivity contribution in [2.75, 3.05) is 11.9 Å². The topological polar surface area (TPSA) is 47.3 Å². The zero-order valence-electron chi connectivity index (χ0n) is 6.08. The van der Waals surface area contributed by atoms with E-state index in [4.69, 9.17) is 10.5 Å². The monoisotopic (exact) mass is 150 g/mol. The van der Waals surface area contributed by atoms with Crippen molar-refractivity contribution in [2.45, 2.75) is 6.17 Å². The summed E-state index contributed by atoms with van der Waals surface area (Å²) in [6.45, 7) is 0.539. The minimum absolute atomic E-state index is 0.0788. The zero-order chi connectivity index (χ0) is 7.68. The Balaban J connectivity index is 2.34. The van der Waals surface area contributed by atoms with Gasteiger partial charge in [-0.1, -0.05) is 12.1 Å². The lowest BCUT2D eigenvalue weighted by molar-refractivity contribution is 0.287. The van der Waals surface area contributed by atoms with Gasteiger partial charge in [0.25, 0.3) is 0 Å². The summed E-state index contributed by atoms with van der Waals surface area (Å²) in [7, 11) is 0. The first kappa shape index (κ1) is 6.49. The van der Waals surface area contributed by atoms with Crippen molar-refractivity contribution in [3.8, 4) is 5.75 Å². The Hall–Kier alpha value is -1.22. The van der Waals surface area contributed by atoms with Crippen LogP contribution >= 0.6 is 0 Å². The summed E-state index contributed by atoms with van der Waals surface area (Å²) in [6.07, 6.45) is -0.0788. The van der Waals surface area contributed by atoms with Crippen molar-refractivity contribution in [3.05, 3.63) is 24.3 Å². The first-order chi connectivity index (χ1) is 5.36. The van der Waals surface area contributed by atoms with Crippen LogP contribution in [0.15, 0.2) is 24.3 Å². The molecular weight excluding hydrogens is 140 g/mol. The molecule has 3 nitrogen and oxygen atoms in total. The van der Waals surface area contributed by atoms with Crippen LogP contribution in [0.4, 0.5) is 5.69 Å². The molecule has 3 heteroatoms. The van der Waals surface area contributed by atoms with E-state index in [1.807, 2.05) is 24.3 Å². The quantitative estimate of drug-likeness (QED) is 0.574. The predicted octanol–water partition coefficient (Wildman–Crippen LogP) is 0.776. The van der Waals surface area contributed by atoms with Gasteiger partial charge in [-0.3, -0.25) is 0 Å². The SMILES string of the molecule is NC1COc2ccccc2N1. The number of nitrogens with two attached hydrogens (primary N) is 1. The highest BCUT2D eigenvalue weighted by atomic mass is 16.5. The van der Waals surface area contributed by atoms with Crippen LogP contribution in [-0.4, -0.2) is 12.8 Å². The molecule has 3 N–H and O–H groups in total. The number of anilines is 1. The third-order valence-electron chi connectivity index (χ3n) is 1.65. The number of ether oxygens (including phenoxy) is 1. The van der Waals surface area contributed by atoms with E-state index in [2.05, 4.69) is 5.32 Å². The Morgan fingerprint density at radius 1 is 1.45 bits per heavy atom. The van der Waals surface area contributed by atoms with Gasteiger partial charge in [0.1, 0.15) is 18.5 Å². The van der Waals surface area contributed by atoms with Crippen molar-refractivity contribution in [1.82, 2.24) is 0 Å². The summed E-state index contributed by atoms with van der Waals surface area (Å²) in [5, 5.41) is 3.11. The molecule has 1 atom stereocenters. The van der Waals surface area contributed by atoms with Crippen LogP contribution in [0.5, 0.6) is 5.75 Å². The molecular formula is C8H10N2O. The second kappa shape index (κ2) is 2.43. The van der Waals surface area contributed by atoms with Crippen molar-refractivity contribution in [1.29, 1.82) is 0 Å². The Bertz CT molecular complexity index is 262. The fourth-order valence-electron chi connectivity index (χ4n) is 1.13. The molecule has 1 aliphatic heterocycles. The van der Waals surface area contributed by atoms with Crippen molar-refractivity contribution in [3.63, 3.8) is 0 Å². The molecule has 0 spiro atoms. The summed E-state index contributed by atoms with van der Waals surface area (Å²) in [5.41, 5.74) is 6.59. The normalized spacial score (nSPS) is 21.4. The molecule has 1 aromatic rings. The minimum atomic E-state index is -0.0788. The van der Waals surface area contributed by atoms with Gasteiger partial charge in [0.05, 0.1) is 5.69 Å². The number of hydrogen-bond donors (Lipinski definition) is 2. The van der Waals surface area contributed by atoms with Crippen molar-refractivity contribution >= 4 is 5.69 Å². The van der Waals surface area contributed by atoms with E-state index in [9.17, 15) is 0 Å². The van der Waals surface area contributed by atoms with Crippen LogP contribution in [0.25, 0.3) is 0 Å². The van der Waals surface area contributed by atoms with Crippen LogP contribution in [-0.2, 0) is 0 Å². The molecule has 58 valence electrons. The van der Waals surface area contributed by atoms with Crippen LogP contribution in [0.1, 0.15) is 0 Å². The summed E-state index contributed by atoms with van der Waals surface area (Å²) < 4.78 is 5.35. The average Bonchev–Trinajstić information content (AvgIpc) is 2.04. The maximum absolute atomic E-state index is 5.61. The van der Waals surface area contributed by atoms with E-state index < -0.39 is 0 Å². The highest BCUT2D eigenvalue weighted by Crippen LogP contribution is 2.26. The second-order valence-electron chi connectivity index (χ2n) is 2.56. The number of hydrogen-bond acceptors (Lipinski definition) is 3. The number of rotatable bonds is 0. The van der Waals surface area contributed by atoms with Crippen LogP contribution < -0.4 is 15.8 Å². The van der Waals surface area contributed by atoms with E-state index >= 15 is 0 Å². The van der Waals surface area contributed by atoms with E-state index in [1.54, 1.807) is 0 Å². The molecule has 0 radical (unpaired) electrons. The van der Waals surface area contributed by atoms with Crippen molar-refractivity contribution in [2.24, 2.45) is 5.73 Å². The lowest BCUT2D eigenvalue weighted by Gasteiger charge is -2.24. The molecule has 0 aromatic heterocycles. The highest BCUT2D eigenvalue weighted by molar-refractivity contribution is 5.57. The third kappa shape index (κ3) is 1.14. The molecule has 11 heavy (non-hydrogen) atoms. The fraction of sp³-hybridized carbons (Fsp3) is 0.250. The average molecular weight is 150 g/mol. The van der Waals surface area contributed by atoms with Gasteiger partial charge in [-0.2, -0.15) is 0 Å². The molecule has 1 aromatic carbocycles. The van der Waals surface area contributed by atoms with E-state index in [0.29, 0.717) is 6.61 Å². The fourth-order valence-corrected chi connectivity index (χ4v) is 1.13. The van der Waals surface area contributed by atoms with Gasteiger partial charge in [-0.05, 0) is 12.1 Å². The highest BCUT2D eigenvalue weighted by Gasteiger charge is 2.13. The Morgan fingerprint density at radius 3 is 3.18 bits per heavy atom. The van der Waals surface area contributed by atoms with Crippen LogP contribution in [0, 0.1) is 0 Å². The molecule has 1 heterocycles. The Labute approximate surface area is 65.2 Å². The molecule has 0 bridgehead atoms. The Morgan fingerprint density at radius 2 is 2.27 bits per heavy atom. The first-order valence-corrected chi connectivity index (χ1v) is 3.60. The molecule has 2 rings (SSSR count). The van der Waals surface area contributed by atoms with Crippen LogP contribution in [0.2, 0.25) is 0 Å². The number of fused-ring (bicyclic) bond motifs is 1. The summed E-state index contributed by atoms with van der Waals surface area (Å²) in [6, 6.07) is 7.77. The number of para-hydroxylation sites is 2. The number of nitrogens with one attached hydrogen (secondary N) is 1. The van der Waals surface area contributed by atoms with Gasteiger partial charge in [-0.15, -0.1) is 0 Å². The first-order valence-electron chi connectivity index (χ1n) is 3.60. The smallest absolute Gasteiger partial charge is 0.142 e. The third-order valence-corrected chi connectivity index (χ3v) is 1.65. The predicted molar refractivity (Wildman–Crippen MR) is 43.5 cm³/mol.